The second kappa shape index (κ2) is 8.54. The molecule has 1 amide bonds. The maximum Gasteiger partial charge on any atom is 0.260 e. The normalized spacial score (nSPS) is 11.1. The number of carbonyl (C=O) groups is 1. The molecular formula is C22H21N5O2S. The van der Waals surface area contributed by atoms with Gasteiger partial charge in [-0.05, 0) is 30.7 Å². The lowest BCUT2D eigenvalue weighted by molar-refractivity contribution is -0.115. The molecule has 0 fully saturated rings. The first kappa shape index (κ1) is 19.9. The van der Waals surface area contributed by atoms with Crippen LogP contribution in [0.25, 0.3) is 22.0 Å². The monoisotopic (exact) mass is 419 g/mol. The predicted octanol–water partition coefficient (Wildman–Crippen LogP) is 4.87. The molecule has 3 heterocycles. The number of pyridine rings is 1. The summed E-state index contributed by atoms with van der Waals surface area (Å²) < 4.78 is 5.43. The van der Waals surface area contributed by atoms with Gasteiger partial charge in [0.15, 0.2) is 5.82 Å². The number of thiazole rings is 1. The van der Waals surface area contributed by atoms with E-state index in [9.17, 15) is 4.79 Å². The number of aromatic nitrogens is 4. The third-order valence-electron chi connectivity index (χ3n) is 4.53. The maximum atomic E-state index is 12.8. The molecule has 8 heteroatoms. The fourth-order valence-corrected chi connectivity index (χ4v) is 3.76. The number of aryl methyl sites for hydroxylation is 1. The molecule has 3 aromatic heterocycles. The lowest BCUT2D eigenvalue weighted by Gasteiger charge is -2.11. The zero-order valence-electron chi connectivity index (χ0n) is 16.9. The smallest absolute Gasteiger partial charge is 0.260 e. The van der Waals surface area contributed by atoms with Gasteiger partial charge in [-0.3, -0.25) is 9.78 Å². The van der Waals surface area contributed by atoms with Crippen LogP contribution in [0.4, 0.5) is 5.69 Å². The van der Waals surface area contributed by atoms with Crippen LogP contribution in [0, 0.1) is 6.92 Å². The van der Waals surface area contributed by atoms with Gasteiger partial charge >= 0.3 is 0 Å². The van der Waals surface area contributed by atoms with Gasteiger partial charge in [0.05, 0.1) is 23.4 Å². The van der Waals surface area contributed by atoms with Crippen molar-refractivity contribution >= 4 is 22.9 Å². The van der Waals surface area contributed by atoms with Crippen LogP contribution in [0.15, 0.2) is 52.6 Å². The molecule has 7 nitrogen and oxygen atoms in total. The van der Waals surface area contributed by atoms with E-state index in [0.717, 1.165) is 16.1 Å². The number of benzene rings is 1. The van der Waals surface area contributed by atoms with Crippen LogP contribution >= 0.6 is 11.3 Å². The Labute approximate surface area is 178 Å². The predicted molar refractivity (Wildman–Crippen MR) is 116 cm³/mol. The average molecular weight is 420 g/mol. The molecule has 0 unspecified atom stereocenters. The third kappa shape index (κ3) is 4.28. The molecule has 0 aliphatic rings. The summed E-state index contributed by atoms with van der Waals surface area (Å²) >= 11 is 1.50. The molecule has 4 aromatic rings. The largest absolute Gasteiger partial charge is 0.334 e. The van der Waals surface area contributed by atoms with Crippen molar-refractivity contribution in [2.45, 2.75) is 33.1 Å². The van der Waals surface area contributed by atoms with Gasteiger partial charge in [-0.2, -0.15) is 4.98 Å². The highest BCUT2D eigenvalue weighted by Crippen LogP contribution is 2.31. The molecule has 0 aliphatic heterocycles. The van der Waals surface area contributed by atoms with Crippen LogP contribution in [0.2, 0.25) is 0 Å². The molecule has 0 bridgehead atoms. The van der Waals surface area contributed by atoms with Gasteiger partial charge in [0.2, 0.25) is 5.91 Å². The Bertz CT molecular complexity index is 1170. The molecular weight excluding hydrogens is 398 g/mol. The van der Waals surface area contributed by atoms with Gasteiger partial charge in [-0.25, -0.2) is 4.98 Å². The minimum Gasteiger partial charge on any atom is -0.334 e. The molecule has 152 valence electrons. The summed E-state index contributed by atoms with van der Waals surface area (Å²) in [4.78, 5) is 25.9. The van der Waals surface area contributed by atoms with Gasteiger partial charge in [0, 0.05) is 29.3 Å². The van der Waals surface area contributed by atoms with Crippen LogP contribution in [-0.2, 0) is 11.2 Å². The van der Waals surface area contributed by atoms with Gasteiger partial charge < -0.3 is 9.84 Å². The van der Waals surface area contributed by atoms with Gasteiger partial charge in [0.1, 0.15) is 5.01 Å². The number of amides is 1. The van der Waals surface area contributed by atoms with E-state index in [0.29, 0.717) is 28.7 Å². The number of anilines is 1. The summed E-state index contributed by atoms with van der Waals surface area (Å²) in [7, 11) is 0. The van der Waals surface area contributed by atoms with Crippen molar-refractivity contribution in [1.82, 2.24) is 20.1 Å². The molecule has 4 rings (SSSR count). The standard InChI is InChI=1S/C22H21N5O2S/c1-13(2)20-26-21(29-27-20)17-8-4-6-14(3)19(17)25-18(28)10-16-12-30-22(24-16)15-7-5-9-23-11-15/h4-9,11-13H,10H2,1-3H3,(H,25,28). The Morgan fingerprint density at radius 1 is 1.20 bits per heavy atom. The molecule has 0 spiro atoms. The topological polar surface area (TPSA) is 93.8 Å². The van der Waals surface area contributed by atoms with Crippen molar-refractivity contribution in [3.8, 4) is 22.0 Å². The fraction of sp³-hybridized carbons (Fsp3) is 0.227. The maximum absolute atomic E-state index is 12.8. The highest BCUT2D eigenvalue weighted by atomic mass is 32.1. The van der Waals surface area contributed by atoms with Crippen molar-refractivity contribution in [3.63, 3.8) is 0 Å². The fourth-order valence-electron chi connectivity index (χ4n) is 2.95. The molecule has 0 radical (unpaired) electrons. The Hall–Kier alpha value is -3.39. The Kier molecular flexibility index (Phi) is 5.67. The number of hydrogen-bond donors (Lipinski definition) is 1. The van der Waals surface area contributed by atoms with Crippen LogP contribution in [0.5, 0.6) is 0 Å². The van der Waals surface area contributed by atoms with Gasteiger partial charge in [-0.15, -0.1) is 11.3 Å². The van der Waals surface area contributed by atoms with Crippen molar-refractivity contribution in [3.05, 3.63) is 65.2 Å². The van der Waals surface area contributed by atoms with E-state index in [2.05, 4.69) is 25.4 Å². The second-order valence-electron chi connectivity index (χ2n) is 7.22. The average Bonchev–Trinajstić information content (AvgIpc) is 3.40. The highest BCUT2D eigenvalue weighted by molar-refractivity contribution is 7.13. The van der Waals surface area contributed by atoms with Crippen molar-refractivity contribution < 1.29 is 9.32 Å². The quantitative estimate of drug-likeness (QED) is 0.479. The second-order valence-corrected chi connectivity index (χ2v) is 8.08. The zero-order valence-corrected chi connectivity index (χ0v) is 17.7. The molecule has 1 N–H and O–H groups in total. The lowest BCUT2D eigenvalue weighted by atomic mass is 10.1. The van der Waals surface area contributed by atoms with E-state index in [-0.39, 0.29) is 18.2 Å². The van der Waals surface area contributed by atoms with E-state index in [1.54, 1.807) is 12.4 Å². The number of carbonyl (C=O) groups excluding carboxylic acids is 1. The zero-order chi connectivity index (χ0) is 21.1. The van der Waals surface area contributed by atoms with Crippen LogP contribution in [-0.4, -0.2) is 26.0 Å². The Balaban J connectivity index is 1.53. The Morgan fingerprint density at radius 2 is 2.07 bits per heavy atom. The highest BCUT2D eigenvalue weighted by Gasteiger charge is 2.18. The first-order valence-electron chi connectivity index (χ1n) is 9.59. The van der Waals surface area contributed by atoms with Crippen LogP contribution < -0.4 is 5.32 Å². The summed E-state index contributed by atoms with van der Waals surface area (Å²) in [6.07, 6.45) is 3.66. The summed E-state index contributed by atoms with van der Waals surface area (Å²) in [5.41, 5.74) is 3.94. The first-order valence-corrected chi connectivity index (χ1v) is 10.5. The molecule has 0 atom stereocenters. The minimum absolute atomic E-state index is 0.155. The van der Waals surface area contributed by atoms with E-state index < -0.39 is 0 Å². The molecule has 0 saturated heterocycles. The van der Waals surface area contributed by atoms with Gasteiger partial charge in [-0.1, -0.05) is 31.1 Å². The van der Waals surface area contributed by atoms with Crippen LogP contribution in [0.3, 0.4) is 0 Å². The van der Waals surface area contributed by atoms with Crippen LogP contribution in [0.1, 0.15) is 36.8 Å². The summed E-state index contributed by atoms with van der Waals surface area (Å²) in [5.74, 6) is 1.03. The number of nitrogens with one attached hydrogen (secondary N) is 1. The van der Waals surface area contributed by atoms with E-state index in [1.165, 1.54) is 11.3 Å². The summed E-state index contributed by atoms with van der Waals surface area (Å²) in [6, 6.07) is 9.52. The number of nitrogens with zero attached hydrogens (tertiary/aromatic N) is 4. The van der Waals surface area contributed by atoms with Crippen molar-refractivity contribution in [1.29, 1.82) is 0 Å². The lowest BCUT2D eigenvalue weighted by Crippen LogP contribution is -2.16. The van der Waals surface area contributed by atoms with Gasteiger partial charge in [0.25, 0.3) is 5.89 Å². The van der Waals surface area contributed by atoms with E-state index >= 15 is 0 Å². The SMILES string of the molecule is Cc1cccc(-c2nc(C(C)C)no2)c1NC(=O)Cc1csc(-c2cccnc2)n1. The molecule has 0 aliphatic carbocycles. The molecule has 30 heavy (non-hydrogen) atoms. The number of hydrogen-bond acceptors (Lipinski definition) is 7. The molecule has 1 aromatic carbocycles. The van der Waals surface area contributed by atoms with E-state index in [4.69, 9.17) is 4.52 Å². The minimum atomic E-state index is -0.155. The first-order chi connectivity index (χ1) is 14.5. The number of rotatable bonds is 6. The van der Waals surface area contributed by atoms with Crippen molar-refractivity contribution in [2.75, 3.05) is 5.32 Å². The number of para-hydroxylation sites is 1. The third-order valence-corrected chi connectivity index (χ3v) is 5.47. The summed E-state index contributed by atoms with van der Waals surface area (Å²) in [5, 5.41) is 9.77. The van der Waals surface area contributed by atoms with Crippen molar-refractivity contribution in [2.24, 2.45) is 0 Å². The molecule has 0 saturated carbocycles. The van der Waals surface area contributed by atoms with E-state index in [1.807, 2.05) is 56.5 Å². The summed E-state index contributed by atoms with van der Waals surface area (Å²) in [6.45, 7) is 5.94. The Morgan fingerprint density at radius 3 is 2.80 bits per heavy atom.